The fourth-order valence-corrected chi connectivity index (χ4v) is 1.49. The van der Waals surface area contributed by atoms with Crippen LogP contribution in [0.15, 0.2) is 23.2 Å². The molecule has 0 aliphatic rings. The molecule has 0 atom stereocenters. The molecule has 1 rings (SSSR count). The van der Waals surface area contributed by atoms with Crippen LogP contribution in [0.25, 0.3) is 0 Å². The van der Waals surface area contributed by atoms with E-state index in [2.05, 4.69) is 22.5 Å². The molecule has 0 saturated carbocycles. The van der Waals surface area contributed by atoms with Crippen LogP contribution in [0.5, 0.6) is 0 Å². The maximum absolute atomic E-state index is 13.4. The monoisotopic (exact) mass is 379 g/mol. The Morgan fingerprint density at radius 2 is 2.00 bits per heavy atom. The highest BCUT2D eigenvalue weighted by atomic mass is 127. The summed E-state index contributed by atoms with van der Waals surface area (Å²) in [5, 5.41) is 6.37. The van der Waals surface area contributed by atoms with Crippen LogP contribution < -0.4 is 10.6 Å². The van der Waals surface area contributed by atoms with Crippen LogP contribution in [0.3, 0.4) is 0 Å². The fourth-order valence-electron chi connectivity index (χ4n) is 1.49. The van der Waals surface area contributed by atoms with E-state index >= 15 is 0 Å². The maximum atomic E-state index is 13.4. The van der Waals surface area contributed by atoms with E-state index in [0.29, 0.717) is 12.1 Å². The molecule has 19 heavy (non-hydrogen) atoms. The molecule has 2 N–H and O–H groups in total. The van der Waals surface area contributed by atoms with E-state index in [1.807, 2.05) is 13.0 Å². The third-order valence-corrected chi connectivity index (χ3v) is 2.54. The van der Waals surface area contributed by atoms with Gasteiger partial charge in [-0.25, -0.2) is 9.38 Å². The number of benzene rings is 1. The zero-order chi connectivity index (χ0) is 13.4. The summed E-state index contributed by atoms with van der Waals surface area (Å²) in [6.45, 7) is 8.07. The molecule has 0 unspecified atom stereocenters. The molecule has 0 spiro atoms. The average molecular weight is 379 g/mol. The van der Waals surface area contributed by atoms with Gasteiger partial charge in [0.25, 0.3) is 0 Å². The van der Waals surface area contributed by atoms with Crippen LogP contribution in [0.1, 0.15) is 31.4 Å². The van der Waals surface area contributed by atoms with Gasteiger partial charge in [-0.2, -0.15) is 0 Å². The van der Waals surface area contributed by atoms with Crippen molar-refractivity contribution in [3.8, 4) is 0 Å². The smallest absolute Gasteiger partial charge is 0.191 e. The van der Waals surface area contributed by atoms with E-state index in [4.69, 9.17) is 0 Å². The Bertz CT molecular complexity index is 408. The number of halogens is 2. The number of guanidine groups is 1. The average Bonchev–Trinajstić information content (AvgIpc) is 2.37. The number of hydrogen-bond donors (Lipinski definition) is 2. The van der Waals surface area contributed by atoms with Crippen molar-refractivity contribution in [2.24, 2.45) is 4.99 Å². The van der Waals surface area contributed by atoms with Crippen molar-refractivity contribution in [3.05, 3.63) is 35.1 Å². The Labute approximate surface area is 132 Å². The molecule has 0 aliphatic heterocycles. The van der Waals surface area contributed by atoms with Gasteiger partial charge in [0.2, 0.25) is 0 Å². The third-order valence-electron chi connectivity index (χ3n) is 2.54. The lowest BCUT2D eigenvalue weighted by Crippen LogP contribution is -2.37. The summed E-state index contributed by atoms with van der Waals surface area (Å²) in [7, 11) is 0. The lowest BCUT2D eigenvalue weighted by molar-refractivity contribution is 0.616. The molecule has 0 aliphatic carbocycles. The van der Waals surface area contributed by atoms with Crippen LogP contribution in [0.4, 0.5) is 4.39 Å². The second-order valence-electron chi connectivity index (χ2n) is 4.21. The molecule has 0 saturated heterocycles. The SMILES string of the molecule is CCCNC(=NCc1ccc(C)c(F)c1)NCC.I. The van der Waals surface area contributed by atoms with Crippen LogP contribution in [0.2, 0.25) is 0 Å². The highest BCUT2D eigenvalue weighted by Crippen LogP contribution is 2.09. The Morgan fingerprint density at radius 3 is 2.58 bits per heavy atom. The molecule has 5 heteroatoms. The second-order valence-corrected chi connectivity index (χ2v) is 4.21. The molecule has 1 aromatic carbocycles. The summed E-state index contributed by atoms with van der Waals surface area (Å²) in [5.74, 6) is 0.606. The van der Waals surface area contributed by atoms with Crippen molar-refractivity contribution in [3.63, 3.8) is 0 Å². The van der Waals surface area contributed by atoms with E-state index in [-0.39, 0.29) is 29.8 Å². The summed E-state index contributed by atoms with van der Waals surface area (Å²) >= 11 is 0. The highest BCUT2D eigenvalue weighted by Gasteiger charge is 2.00. The molecule has 3 nitrogen and oxygen atoms in total. The Kier molecular flexibility index (Phi) is 9.55. The van der Waals surface area contributed by atoms with Crippen LogP contribution in [-0.4, -0.2) is 19.0 Å². The Morgan fingerprint density at radius 1 is 1.26 bits per heavy atom. The minimum absolute atomic E-state index is 0. The van der Waals surface area contributed by atoms with E-state index < -0.39 is 0 Å². The zero-order valence-electron chi connectivity index (χ0n) is 11.8. The quantitative estimate of drug-likeness (QED) is 0.468. The zero-order valence-corrected chi connectivity index (χ0v) is 14.1. The van der Waals surface area contributed by atoms with Gasteiger partial charge in [-0.15, -0.1) is 24.0 Å². The van der Waals surface area contributed by atoms with Gasteiger partial charge in [0.15, 0.2) is 5.96 Å². The number of aliphatic imine (C=N–C) groups is 1. The predicted octanol–water partition coefficient (Wildman–Crippen LogP) is 3.22. The van der Waals surface area contributed by atoms with E-state index in [1.54, 1.807) is 19.1 Å². The Hall–Kier alpha value is -0.850. The van der Waals surface area contributed by atoms with E-state index in [9.17, 15) is 4.39 Å². The summed E-state index contributed by atoms with van der Waals surface area (Å²) in [5.41, 5.74) is 1.55. The lowest BCUT2D eigenvalue weighted by Gasteiger charge is -2.10. The van der Waals surface area contributed by atoms with Crippen molar-refractivity contribution < 1.29 is 4.39 Å². The first kappa shape index (κ1) is 18.1. The molecule has 0 heterocycles. The van der Waals surface area contributed by atoms with Gasteiger partial charge in [0.05, 0.1) is 6.54 Å². The van der Waals surface area contributed by atoms with Crippen LogP contribution in [0, 0.1) is 12.7 Å². The number of aryl methyl sites for hydroxylation is 1. The van der Waals surface area contributed by atoms with Crippen molar-refractivity contribution in [1.29, 1.82) is 0 Å². The molecule has 108 valence electrons. The first-order valence-electron chi connectivity index (χ1n) is 6.44. The molecular formula is C14H23FIN3. The summed E-state index contributed by atoms with van der Waals surface area (Å²) < 4.78 is 13.4. The lowest BCUT2D eigenvalue weighted by atomic mass is 10.1. The van der Waals surface area contributed by atoms with E-state index in [1.165, 1.54) is 0 Å². The fraction of sp³-hybridized carbons (Fsp3) is 0.500. The molecular weight excluding hydrogens is 356 g/mol. The van der Waals surface area contributed by atoms with Gasteiger partial charge in [-0.3, -0.25) is 0 Å². The molecule has 0 amide bonds. The predicted molar refractivity (Wildman–Crippen MR) is 89.7 cm³/mol. The number of nitrogens with zero attached hydrogens (tertiary/aromatic N) is 1. The Balaban J connectivity index is 0.00000324. The number of nitrogens with one attached hydrogen (secondary N) is 2. The highest BCUT2D eigenvalue weighted by molar-refractivity contribution is 14.0. The number of rotatable bonds is 5. The largest absolute Gasteiger partial charge is 0.357 e. The van der Waals surface area contributed by atoms with Crippen molar-refractivity contribution >= 4 is 29.9 Å². The van der Waals surface area contributed by atoms with Crippen molar-refractivity contribution in [1.82, 2.24) is 10.6 Å². The van der Waals surface area contributed by atoms with Gasteiger partial charge in [-0.05, 0) is 37.5 Å². The van der Waals surface area contributed by atoms with Gasteiger partial charge < -0.3 is 10.6 Å². The van der Waals surface area contributed by atoms with Gasteiger partial charge >= 0.3 is 0 Å². The van der Waals surface area contributed by atoms with Crippen molar-refractivity contribution in [2.75, 3.05) is 13.1 Å². The van der Waals surface area contributed by atoms with Gasteiger partial charge in [0, 0.05) is 13.1 Å². The van der Waals surface area contributed by atoms with Crippen LogP contribution >= 0.6 is 24.0 Å². The van der Waals surface area contributed by atoms with Gasteiger partial charge in [-0.1, -0.05) is 19.1 Å². The number of hydrogen-bond acceptors (Lipinski definition) is 1. The molecule has 0 radical (unpaired) electrons. The molecule has 0 fully saturated rings. The molecule has 0 bridgehead atoms. The second kappa shape index (κ2) is 10.00. The maximum Gasteiger partial charge on any atom is 0.191 e. The summed E-state index contributed by atoms with van der Waals surface area (Å²) in [6.07, 6.45) is 1.05. The summed E-state index contributed by atoms with van der Waals surface area (Å²) in [4.78, 5) is 4.42. The summed E-state index contributed by atoms with van der Waals surface area (Å²) in [6, 6.07) is 5.24. The third kappa shape index (κ3) is 6.75. The minimum Gasteiger partial charge on any atom is -0.357 e. The van der Waals surface area contributed by atoms with E-state index in [0.717, 1.165) is 31.0 Å². The molecule has 1 aromatic rings. The van der Waals surface area contributed by atoms with Crippen molar-refractivity contribution in [2.45, 2.75) is 33.7 Å². The topological polar surface area (TPSA) is 36.4 Å². The first-order chi connectivity index (χ1) is 8.67. The first-order valence-corrected chi connectivity index (χ1v) is 6.44. The standard InChI is InChI=1S/C14H22FN3.HI/c1-4-8-17-14(16-5-2)18-10-12-7-6-11(3)13(15)9-12;/h6-7,9H,4-5,8,10H2,1-3H3,(H2,16,17,18);1H. The normalized spacial score (nSPS) is 10.8. The van der Waals surface area contributed by atoms with Gasteiger partial charge in [0.1, 0.15) is 5.82 Å². The van der Waals surface area contributed by atoms with Crippen LogP contribution in [-0.2, 0) is 6.54 Å². The molecule has 0 aromatic heterocycles. The minimum atomic E-state index is -0.172.